The smallest absolute Gasteiger partial charge is 0.201 e. The zero-order valence-electron chi connectivity index (χ0n) is 5.62. The Morgan fingerprint density at radius 3 is 2.60 bits per heavy atom. The van der Waals surface area contributed by atoms with E-state index in [2.05, 4.69) is 16.9 Å². The van der Waals surface area contributed by atoms with Gasteiger partial charge in [0.1, 0.15) is 0 Å². The van der Waals surface area contributed by atoms with Gasteiger partial charge < -0.3 is 4.98 Å². The second-order valence-electron chi connectivity index (χ2n) is 2.05. The van der Waals surface area contributed by atoms with E-state index in [-0.39, 0.29) is 0 Å². The van der Waals surface area contributed by atoms with Gasteiger partial charge in [0, 0.05) is 0 Å². The molecular formula is C6H8Cl2N2. The molecular weight excluding hydrogens is 171 g/mol. The van der Waals surface area contributed by atoms with Crippen molar-refractivity contribution >= 4 is 23.2 Å². The standard InChI is InChI=1S/C6H8Cl2N2/c1-2-3-4-5(7)10-6(8)9-4/h2-3H2,1H3,(H,9,10). The fraction of sp³-hybridized carbons (Fsp3) is 0.500. The maximum atomic E-state index is 5.70. The maximum Gasteiger partial charge on any atom is 0.201 e. The second kappa shape index (κ2) is 3.26. The molecule has 0 aromatic carbocycles. The van der Waals surface area contributed by atoms with Crippen molar-refractivity contribution in [3.8, 4) is 0 Å². The van der Waals surface area contributed by atoms with Gasteiger partial charge in [0.25, 0.3) is 0 Å². The Kier molecular flexibility index (Phi) is 2.57. The van der Waals surface area contributed by atoms with Crippen LogP contribution in [0.1, 0.15) is 19.0 Å². The van der Waals surface area contributed by atoms with Gasteiger partial charge in [-0.1, -0.05) is 24.9 Å². The van der Waals surface area contributed by atoms with Gasteiger partial charge in [-0.15, -0.1) is 0 Å². The number of aromatic nitrogens is 2. The van der Waals surface area contributed by atoms with Crippen LogP contribution in [0.3, 0.4) is 0 Å². The number of nitrogens with one attached hydrogen (secondary N) is 1. The monoisotopic (exact) mass is 178 g/mol. The lowest BCUT2D eigenvalue weighted by Gasteiger charge is -1.90. The summed E-state index contributed by atoms with van der Waals surface area (Å²) in [5.41, 5.74) is 0.925. The van der Waals surface area contributed by atoms with Crippen LogP contribution < -0.4 is 0 Å². The Bertz CT molecular complexity index is 220. The van der Waals surface area contributed by atoms with Gasteiger partial charge in [-0.05, 0) is 18.0 Å². The van der Waals surface area contributed by atoms with Crippen molar-refractivity contribution in [1.29, 1.82) is 0 Å². The lowest BCUT2D eigenvalue weighted by molar-refractivity contribution is 0.892. The summed E-state index contributed by atoms with van der Waals surface area (Å²) in [5.74, 6) is 0. The van der Waals surface area contributed by atoms with Gasteiger partial charge in [0.05, 0.1) is 5.69 Å². The second-order valence-corrected chi connectivity index (χ2v) is 2.76. The summed E-state index contributed by atoms with van der Waals surface area (Å²) < 4.78 is 0. The van der Waals surface area contributed by atoms with Gasteiger partial charge in [0.2, 0.25) is 5.28 Å². The fourth-order valence-electron chi connectivity index (χ4n) is 0.773. The Hall–Kier alpha value is -0.210. The first-order valence-corrected chi connectivity index (χ1v) is 3.89. The summed E-state index contributed by atoms with van der Waals surface area (Å²) in [5, 5.41) is 0.861. The van der Waals surface area contributed by atoms with Crippen LogP contribution in [0, 0.1) is 0 Å². The van der Waals surface area contributed by atoms with Crippen LogP contribution >= 0.6 is 23.2 Å². The average molecular weight is 179 g/mol. The molecule has 0 radical (unpaired) electrons. The number of H-pyrrole nitrogens is 1. The molecule has 0 amide bonds. The van der Waals surface area contributed by atoms with Gasteiger partial charge in [0.15, 0.2) is 5.15 Å². The SMILES string of the molecule is CCCc1[nH]c(Cl)nc1Cl. The van der Waals surface area contributed by atoms with E-state index in [1.165, 1.54) is 0 Å². The number of hydrogen-bond acceptors (Lipinski definition) is 1. The van der Waals surface area contributed by atoms with Crippen LogP contribution in [0.5, 0.6) is 0 Å². The summed E-state index contributed by atoms with van der Waals surface area (Å²) >= 11 is 11.2. The largest absolute Gasteiger partial charge is 0.331 e. The molecule has 0 spiro atoms. The Morgan fingerprint density at radius 2 is 2.20 bits per heavy atom. The fourth-order valence-corrected chi connectivity index (χ4v) is 1.24. The Labute approximate surface area is 69.6 Å². The maximum absolute atomic E-state index is 5.70. The third-order valence-electron chi connectivity index (χ3n) is 1.20. The summed E-state index contributed by atoms with van der Waals surface area (Å²) in [6.45, 7) is 2.07. The van der Waals surface area contributed by atoms with Crippen molar-refractivity contribution < 1.29 is 0 Å². The number of aryl methyl sites for hydroxylation is 1. The van der Waals surface area contributed by atoms with Crippen LogP contribution in [-0.2, 0) is 6.42 Å². The molecule has 0 aliphatic rings. The van der Waals surface area contributed by atoms with Gasteiger partial charge in [-0.25, -0.2) is 4.98 Å². The summed E-state index contributed by atoms with van der Waals surface area (Å²) in [6.07, 6.45) is 1.94. The molecule has 1 aromatic heterocycles. The summed E-state index contributed by atoms with van der Waals surface area (Å²) in [6, 6.07) is 0. The first kappa shape index (κ1) is 7.89. The number of aromatic amines is 1. The minimum absolute atomic E-state index is 0.369. The molecule has 10 heavy (non-hydrogen) atoms. The van der Waals surface area contributed by atoms with E-state index in [0.29, 0.717) is 10.4 Å². The normalized spacial score (nSPS) is 10.3. The summed E-state index contributed by atoms with van der Waals surface area (Å²) in [4.78, 5) is 6.67. The lowest BCUT2D eigenvalue weighted by atomic mass is 10.3. The third kappa shape index (κ3) is 1.64. The topological polar surface area (TPSA) is 28.7 Å². The molecule has 1 N–H and O–H groups in total. The number of halogens is 2. The molecule has 2 nitrogen and oxygen atoms in total. The van der Waals surface area contributed by atoms with Gasteiger partial charge in [-0.2, -0.15) is 0 Å². The molecule has 56 valence electrons. The molecule has 1 rings (SSSR count). The number of rotatable bonds is 2. The van der Waals surface area contributed by atoms with Crippen LogP contribution in [0.15, 0.2) is 0 Å². The zero-order valence-corrected chi connectivity index (χ0v) is 7.13. The summed E-state index contributed by atoms with van der Waals surface area (Å²) in [7, 11) is 0. The van der Waals surface area contributed by atoms with Crippen LogP contribution in [0.2, 0.25) is 10.4 Å². The molecule has 0 saturated heterocycles. The molecule has 1 heterocycles. The van der Waals surface area contributed by atoms with E-state index in [1.54, 1.807) is 0 Å². The van der Waals surface area contributed by atoms with Crippen molar-refractivity contribution in [2.24, 2.45) is 0 Å². The highest BCUT2D eigenvalue weighted by molar-refractivity contribution is 6.32. The van der Waals surface area contributed by atoms with Gasteiger partial charge in [-0.3, -0.25) is 0 Å². The molecule has 0 atom stereocenters. The van der Waals surface area contributed by atoms with Crippen molar-refractivity contribution in [1.82, 2.24) is 9.97 Å². The molecule has 0 unspecified atom stereocenters. The Balaban J connectivity index is 2.81. The first-order chi connectivity index (χ1) is 4.74. The molecule has 1 aromatic rings. The number of nitrogens with zero attached hydrogens (tertiary/aromatic N) is 1. The average Bonchev–Trinajstić information content (AvgIpc) is 2.13. The van der Waals surface area contributed by atoms with E-state index in [1.807, 2.05) is 0 Å². The predicted octanol–water partition coefficient (Wildman–Crippen LogP) is 2.67. The van der Waals surface area contributed by atoms with Crippen LogP contribution in [0.4, 0.5) is 0 Å². The minimum atomic E-state index is 0.369. The van der Waals surface area contributed by atoms with Crippen molar-refractivity contribution in [3.63, 3.8) is 0 Å². The predicted molar refractivity (Wildman–Crippen MR) is 42.6 cm³/mol. The quantitative estimate of drug-likeness (QED) is 0.742. The van der Waals surface area contributed by atoms with E-state index < -0.39 is 0 Å². The first-order valence-electron chi connectivity index (χ1n) is 3.14. The molecule has 0 fully saturated rings. The molecule has 0 saturated carbocycles. The molecule has 0 aliphatic carbocycles. The molecule has 4 heteroatoms. The third-order valence-corrected chi connectivity index (χ3v) is 1.69. The Morgan fingerprint density at radius 1 is 1.50 bits per heavy atom. The van der Waals surface area contributed by atoms with Crippen LogP contribution in [-0.4, -0.2) is 9.97 Å². The molecule has 0 aliphatic heterocycles. The van der Waals surface area contributed by atoms with E-state index in [9.17, 15) is 0 Å². The van der Waals surface area contributed by atoms with E-state index >= 15 is 0 Å². The number of hydrogen-bond donors (Lipinski definition) is 1. The minimum Gasteiger partial charge on any atom is -0.331 e. The zero-order chi connectivity index (χ0) is 7.56. The highest BCUT2D eigenvalue weighted by Gasteiger charge is 2.03. The van der Waals surface area contributed by atoms with Crippen molar-refractivity contribution in [2.75, 3.05) is 0 Å². The highest BCUT2D eigenvalue weighted by Crippen LogP contribution is 2.16. The van der Waals surface area contributed by atoms with E-state index in [4.69, 9.17) is 23.2 Å². The number of imidazole rings is 1. The highest BCUT2D eigenvalue weighted by atomic mass is 35.5. The van der Waals surface area contributed by atoms with Crippen molar-refractivity contribution in [2.45, 2.75) is 19.8 Å². The van der Waals surface area contributed by atoms with Crippen LogP contribution in [0.25, 0.3) is 0 Å². The lowest BCUT2D eigenvalue weighted by Crippen LogP contribution is -1.82. The molecule has 0 bridgehead atoms. The van der Waals surface area contributed by atoms with E-state index in [0.717, 1.165) is 18.5 Å². The van der Waals surface area contributed by atoms with Crippen molar-refractivity contribution in [3.05, 3.63) is 16.1 Å². The van der Waals surface area contributed by atoms with Gasteiger partial charge >= 0.3 is 0 Å².